The van der Waals surface area contributed by atoms with E-state index in [4.69, 9.17) is 4.74 Å². The van der Waals surface area contributed by atoms with Crippen molar-refractivity contribution in [2.75, 3.05) is 24.7 Å². The summed E-state index contributed by atoms with van der Waals surface area (Å²) in [4.78, 5) is 14.5. The molecule has 5 nitrogen and oxygen atoms in total. The molecule has 3 heterocycles. The van der Waals surface area contributed by atoms with E-state index in [1.54, 1.807) is 4.68 Å². The van der Waals surface area contributed by atoms with E-state index >= 15 is 0 Å². The zero-order valence-corrected chi connectivity index (χ0v) is 11.9. The molecule has 2 aliphatic heterocycles. The highest BCUT2D eigenvalue weighted by molar-refractivity contribution is 7.99. The fourth-order valence-electron chi connectivity index (χ4n) is 2.71. The maximum Gasteiger partial charge on any atom is 0.252 e. The molecular weight excluding hydrogens is 262 g/mol. The molecule has 0 saturated carbocycles. The minimum absolute atomic E-state index is 0.143. The highest BCUT2D eigenvalue weighted by Gasteiger charge is 2.35. The summed E-state index contributed by atoms with van der Waals surface area (Å²) >= 11 is 1.90. The summed E-state index contributed by atoms with van der Waals surface area (Å²) < 4.78 is 7.33. The zero-order valence-electron chi connectivity index (χ0n) is 11.1. The van der Waals surface area contributed by atoms with Gasteiger partial charge in [0.1, 0.15) is 6.10 Å². The van der Waals surface area contributed by atoms with Crippen LogP contribution >= 0.6 is 11.8 Å². The van der Waals surface area contributed by atoms with Gasteiger partial charge in [0.05, 0.1) is 12.2 Å². The highest BCUT2D eigenvalue weighted by Crippen LogP contribution is 2.31. The third kappa shape index (κ3) is 2.65. The van der Waals surface area contributed by atoms with Crippen molar-refractivity contribution in [1.29, 1.82) is 0 Å². The van der Waals surface area contributed by atoms with Crippen molar-refractivity contribution >= 4 is 17.7 Å². The van der Waals surface area contributed by atoms with Gasteiger partial charge in [0.25, 0.3) is 5.91 Å². The lowest BCUT2D eigenvalue weighted by Gasteiger charge is -2.36. The Morgan fingerprint density at radius 3 is 3.16 bits per heavy atom. The number of amides is 1. The number of rotatable bonds is 2. The van der Waals surface area contributed by atoms with Gasteiger partial charge in [-0.25, -0.2) is 0 Å². The third-order valence-corrected chi connectivity index (χ3v) is 4.75. The second-order valence-electron chi connectivity index (χ2n) is 5.07. The summed E-state index contributed by atoms with van der Waals surface area (Å²) in [5.74, 6) is 2.12. The van der Waals surface area contributed by atoms with Crippen molar-refractivity contribution in [3.63, 3.8) is 0 Å². The second-order valence-corrected chi connectivity index (χ2v) is 6.22. The van der Waals surface area contributed by atoms with Crippen molar-refractivity contribution in [1.82, 2.24) is 14.7 Å². The monoisotopic (exact) mass is 281 g/mol. The summed E-state index contributed by atoms with van der Waals surface area (Å²) in [6.45, 7) is 1.53. The molecule has 104 valence electrons. The van der Waals surface area contributed by atoms with Crippen LogP contribution in [0.25, 0.3) is 0 Å². The van der Waals surface area contributed by atoms with E-state index in [1.807, 2.05) is 36.1 Å². The molecule has 6 heteroatoms. The molecule has 0 spiro atoms. The number of nitrogens with zero attached hydrogens (tertiary/aromatic N) is 3. The number of aryl methyl sites for hydroxylation is 1. The van der Waals surface area contributed by atoms with Crippen LogP contribution in [0.1, 0.15) is 24.4 Å². The number of hydrogen-bond acceptors (Lipinski definition) is 4. The molecule has 3 rings (SSSR count). The van der Waals surface area contributed by atoms with E-state index in [9.17, 15) is 4.79 Å². The van der Waals surface area contributed by atoms with Crippen LogP contribution in [-0.2, 0) is 16.6 Å². The molecule has 1 aromatic heterocycles. The summed E-state index contributed by atoms with van der Waals surface area (Å²) in [5, 5.41) is 4.22. The summed E-state index contributed by atoms with van der Waals surface area (Å²) in [6, 6.07) is 0.143. The zero-order chi connectivity index (χ0) is 13.2. The van der Waals surface area contributed by atoms with Gasteiger partial charge in [0.2, 0.25) is 0 Å². The van der Waals surface area contributed by atoms with E-state index in [0.717, 1.165) is 43.1 Å². The summed E-state index contributed by atoms with van der Waals surface area (Å²) in [5.41, 5.74) is 1.13. The molecule has 19 heavy (non-hydrogen) atoms. The molecule has 1 aromatic rings. The van der Waals surface area contributed by atoms with Crippen molar-refractivity contribution < 1.29 is 9.53 Å². The Labute approximate surface area is 117 Å². The van der Waals surface area contributed by atoms with Crippen LogP contribution in [0.4, 0.5) is 0 Å². The number of carbonyl (C=O) groups is 1. The lowest BCUT2D eigenvalue weighted by Crippen LogP contribution is -2.45. The van der Waals surface area contributed by atoms with Crippen LogP contribution in [-0.4, -0.2) is 51.3 Å². The predicted molar refractivity (Wildman–Crippen MR) is 74.0 cm³/mol. The van der Waals surface area contributed by atoms with Crippen LogP contribution in [0.2, 0.25) is 0 Å². The van der Waals surface area contributed by atoms with Crippen LogP contribution in [0, 0.1) is 0 Å². The number of thioether (sulfide) groups is 1. The fourth-order valence-corrected chi connectivity index (χ4v) is 3.80. The lowest BCUT2D eigenvalue weighted by atomic mass is 10.1. The van der Waals surface area contributed by atoms with Gasteiger partial charge in [-0.05, 0) is 12.8 Å². The van der Waals surface area contributed by atoms with Gasteiger partial charge in [-0.2, -0.15) is 16.9 Å². The van der Waals surface area contributed by atoms with E-state index in [-0.39, 0.29) is 18.1 Å². The summed E-state index contributed by atoms with van der Waals surface area (Å²) in [7, 11) is 1.91. The van der Waals surface area contributed by atoms with Crippen LogP contribution in [0.15, 0.2) is 12.4 Å². The first-order chi connectivity index (χ1) is 9.25. The standard InChI is InChI=1S/C13H19N3O2S/c1-15-8-10(7-14-15)11-9-19-6-4-16(11)13(17)12-3-2-5-18-12/h7-8,11-12H,2-6,9H2,1H3/t11-,12+/m1/s1. The Morgan fingerprint density at radius 1 is 1.58 bits per heavy atom. The Bertz CT molecular complexity index is 456. The molecule has 2 fully saturated rings. The summed E-state index contributed by atoms with van der Waals surface area (Å²) in [6.07, 6.45) is 5.51. The van der Waals surface area contributed by atoms with E-state index in [0.29, 0.717) is 0 Å². The fraction of sp³-hybridized carbons (Fsp3) is 0.692. The number of hydrogen-bond donors (Lipinski definition) is 0. The number of ether oxygens (including phenoxy) is 1. The maximum absolute atomic E-state index is 12.6. The van der Waals surface area contributed by atoms with E-state index in [1.165, 1.54) is 0 Å². The molecule has 2 saturated heterocycles. The van der Waals surface area contributed by atoms with E-state index < -0.39 is 0 Å². The predicted octanol–water partition coefficient (Wildman–Crippen LogP) is 1.22. The molecular formula is C13H19N3O2S. The Morgan fingerprint density at radius 2 is 2.47 bits per heavy atom. The van der Waals surface area contributed by atoms with Gasteiger partial charge >= 0.3 is 0 Å². The third-order valence-electron chi connectivity index (χ3n) is 3.73. The Kier molecular flexibility index (Phi) is 3.79. The first-order valence-corrected chi connectivity index (χ1v) is 7.89. The van der Waals surface area contributed by atoms with Gasteiger partial charge in [0.15, 0.2) is 0 Å². The first-order valence-electron chi connectivity index (χ1n) is 6.74. The van der Waals surface area contributed by atoms with Crippen molar-refractivity contribution in [2.45, 2.75) is 25.0 Å². The normalized spacial score (nSPS) is 27.7. The van der Waals surface area contributed by atoms with Gasteiger partial charge in [-0.1, -0.05) is 0 Å². The second kappa shape index (κ2) is 5.54. The minimum Gasteiger partial charge on any atom is -0.368 e. The highest BCUT2D eigenvalue weighted by atomic mass is 32.2. The van der Waals surface area contributed by atoms with Gasteiger partial charge in [-0.3, -0.25) is 9.48 Å². The van der Waals surface area contributed by atoms with Crippen LogP contribution in [0.5, 0.6) is 0 Å². The molecule has 2 atom stereocenters. The molecule has 0 bridgehead atoms. The van der Waals surface area contributed by atoms with Crippen molar-refractivity contribution in [3.8, 4) is 0 Å². The first kappa shape index (κ1) is 13.0. The SMILES string of the molecule is Cn1cc([C@H]2CSCCN2C(=O)[C@@H]2CCCO2)cn1. The molecule has 0 aliphatic carbocycles. The topological polar surface area (TPSA) is 47.4 Å². The average Bonchev–Trinajstić information content (AvgIpc) is 3.09. The maximum atomic E-state index is 12.6. The van der Waals surface area contributed by atoms with E-state index in [2.05, 4.69) is 5.10 Å². The minimum atomic E-state index is -0.220. The van der Waals surface area contributed by atoms with Crippen LogP contribution < -0.4 is 0 Å². The molecule has 0 N–H and O–H groups in total. The van der Waals surface area contributed by atoms with Crippen molar-refractivity contribution in [3.05, 3.63) is 18.0 Å². The molecule has 0 unspecified atom stereocenters. The van der Waals surface area contributed by atoms with Gasteiger partial charge < -0.3 is 9.64 Å². The van der Waals surface area contributed by atoms with Crippen molar-refractivity contribution in [2.24, 2.45) is 7.05 Å². The lowest BCUT2D eigenvalue weighted by molar-refractivity contribution is -0.143. The van der Waals surface area contributed by atoms with Gasteiger partial charge in [0, 0.05) is 43.5 Å². The quantitative estimate of drug-likeness (QED) is 0.817. The number of aromatic nitrogens is 2. The average molecular weight is 281 g/mol. The molecule has 2 aliphatic rings. The van der Waals surface area contributed by atoms with Gasteiger partial charge in [-0.15, -0.1) is 0 Å². The smallest absolute Gasteiger partial charge is 0.252 e. The molecule has 0 aromatic carbocycles. The Hall–Kier alpha value is -1.01. The number of carbonyl (C=O) groups excluding carboxylic acids is 1. The molecule has 1 amide bonds. The molecule has 0 radical (unpaired) electrons. The Balaban J connectivity index is 1.78. The largest absolute Gasteiger partial charge is 0.368 e. The van der Waals surface area contributed by atoms with Crippen LogP contribution in [0.3, 0.4) is 0 Å².